The van der Waals surface area contributed by atoms with Crippen LogP contribution < -0.4 is 24.8 Å². The van der Waals surface area contributed by atoms with Gasteiger partial charge in [-0.15, -0.1) is 0 Å². The first-order valence-corrected chi connectivity index (χ1v) is 22.1. The van der Waals surface area contributed by atoms with Gasteiger partial charge in [0.05, 0.1) is 24.6 Å². The van der Waals surface area contributed by atoms with E-state index in [2.05, 4.69) is 22.3 Å². The minimum absolute atomic E-state index is 0.0228. The predicted molar refractivity (Wildman–Crippen MR) is 222 cm³/mol. The number of pyridine rings is 1. The summed E-state index contributed by atoms with van der Waals surface area (Å²) in [5.41, 5.74) is -0.858. The molecule has 7 atom stereocenters. The second-order valence-corrected chi connectivity index (χ2v) is 19.6. The summed E-state index contributed by atoms with van der Waals surface area (Å²) in [5.74, 6) is -1.65. The molecule has 2 aliphatic carbocycles. The zero-order valence-corrected chi connectivity index (χ0v) is 35.3. The summed E-state index contributed by atoms with van der Waals surface area (Å²) in [7, 11) is -2.33. The number of amides is 4. The highest BCUT2D eigenvalue weighted by atomic mass is 32.2. The Morgan fingerprint density at radius 1 is 1.00 bits per heavy atom. The van der Waals surface area contributed by atoms with Gasteiger partial charge in [-0.3, -0.25) is 19.1 Å². The van der Waals surface area contributed by atoms with E-state index in [9.17, 15) is 27.6 Å². The van der Waals surface area contributed by atoms with E-state index < -0.39 is 74.3 Å². The van der Waals surface area contributed by atoms with Crippen LogP contribution in [0.5, 0.6) is 11.6 Å². The van der Waals surface area contributed by atoms with Crippen LogP contribution in [0.2, 0.25) is 0 Å². The van der Waals surface area contributed by atoms with Gasteiger partial charge in [-0.05, 0) is 101 Å². The number of aromatic nitrogens is 1. The maximum atomic E-state index is 14.9. The van der Waals surface area contributed by atoms with Gasteiger partial charge < -0.3 is 29.7 Å². The Bertz CT molecular complexity index is 2240. The van der Waals surface area contributed by atoms with Crippen molar-refractivity contribution < 1.29 is 41.8 Å². The van der Waals surface area contributed by atoms with E-state index >= 15 is 0 Å². The number of carbonyl (C=O) groups is 4. The van der Waals surface area contributed by atoms with Crippen LogP contribution in [-0.2, 0) is 29.1 Å². The molecule has 1 aromatic heterocycles. The average Bonchev–Trinajstić information content (AvgIpc) is 4.11. The molecule has 4 amide bonds. The average molecular weight is 830 g/mol. The first-order chi connectivity index (χ1) is 28.0. The van der Waals surface area contributed by atoms with Crippen LogP contribution in [0.25, 0.3) is 22.0 Å². The minimum atomic E-state index is -3.92. The van der Waals surface area contributed by atoms with E-state index in [0.717, 1.165) is 17.4 Å². The molecule has 7 rings (SSSR count). The number of nitrogens with zero attached hydrogens (tertiary/aromatic N) is 2. The molecule has 3 heterocycles. The summed E-state index contributed by atoms with van der Waals surface area (Å²) in [5, 5.41) is 6.61. The molecule has 15 heteroatoms. The molecule has 1 unspecified atom stereocenters. The number of carbonyl (C=O) groups excluding carboxylic acids is 4. The zero-order chi connectivity index (χ0) is 42.3. The van der Waals surface area contributed by atoms with E-state index in [1.165, 1.54) is 4.90 Å². The number of fused-ring (bicyclic) bond motifs is 3. The van der Waals surface area contributed by atoms with Gasteiger partial charge in [0, 0.05) is 23.3 Å². The number of benzene rings is 2. The lowest BCUT2D eigenvalue weighted by Gasteiger charge is -2.33. The Morgan fingerprint density at radius 2 is 1.75 bits per heavy atom. The molecular formula is C44H55N5O9S. The molecule has 59 heavy (non-hydrogen) atoms. The molecule has 0 bridgehead atoms. The number of alkyl carbamates (subject to hydrolysis) is 1. The third-order valence-electron chi connectivity index (χ3n) is 11.6. The van der Waals surface area contributed by atoms with Gasteiger partial charge in [-0.2, -0.15) is 0 Å². The molecule has 3 fully saturated rings. The topological polar surface area (TPSA) is 182 Å². The van der Waals surface area contributed by atoms with Crippen molar-refractivity contribution in [2.45, 2.75) is 114 Å². The fraction of sp³-hybridized carbons (Fsp3) is 0.523. The third-order valence-corrected chi connectivity index (χ3v) is 13.5. The highest BCUT2D eigenvalue weighted by Gasteiger charge is 2.62. The molecule has 0 spiro atoms. The second-order valence-electron chi connectivity index (χ2n) is 17.6. The first kappa shape index (κ1) is 42.0. The van der Waals surface area contributed by atoms with Gasteiger partial charge >= 0.3 is 6.09 Å². The standard InChI is InChI=1S/C44H55N5O9S/c1-26-12-10-11-15-30-24-44(30,41(52)48-59(54,55)33-17-18-33)47-38(50)36-23-32(25-49(36)40(51)37(27(2)20-26)46-42(53)58-43(3,4)5)57-39-34-19-16-31(56-6)21-29(34)22-35(45-39)28-13-8-7-9-14-28/h7-9,11,13-16,19,21-22,26-27,30,32-33,36-37H,10,12,17-18,20,23-25H2,1-6H3,(H,46,53)(H,47,50)(H,48,52)/b15-11-/t26-,27+,30+,32+,36?,37-,44+/m0/s1. The normalized spacial score (nSPS) is 28.2. The van der Waals surface area contributed by atoms with Gasteiger partial charge in [-0.1, -0.05) is 56.3 Å². The van der Waals surface area contributed by atoms with Crippen LogP contribution in [0.1, 0.15) is 79.6 Å². The number of methoxy groups -OCH3 is 1. The fourth-order valence-corrected chi connectivity index (χ4v) is 9.63. The summed E-state index contributed by atoms with van der Waals surface area (Å²) < 4.78 is 46.0. The number of allylic oxidation sites excluding steroid dienone is 1. The van der Waals surface area contributed by atoms with Gasteiger partial charge in [0.25, 0.3) is 5.91 Å². The van der Waals surface area contributed by atoms with E-state index in [0.29, 0.717) is 48.4 Å². The van der Waals surface area contributed by atoms with Gasteiger partial charge in [0.2, 0.25) is 27.7 Å². The third kappa shape index (κ3) is 9.50. The predicted octanol–water partition coefficient (Wildman–Crippen LogP) is 5.65. The zero-order valence-electron chi connectivity index (χ0n) is 34.5. The maximum Gasteiger partial charge on any atom is 0.408 e. The number of sulfonamides is 1. The van der Waals surface area contributed by atoms with E-state index in [1.807, 2.05) is 67.6 Å². The Hall–Kier alpha value is -5.18. The van der Waals surface area contributed by atoms with Crippen molar-refractivity contribution in [2.24, 2.45) is 17.8 Å². The van der Waals surface area contributed by atoms with Crippen molar-refractivity contribution in [3.05, 3.63) is 66.7 Å². The quantitative estimate of drug-likeness (QED) is 0.240. The summed E-state index contributed by atoms with van der Waals surface area (Å²) >= 11 is 0. The van der Waals surface area contributed by atoms with Crippen LogP contribution in [0.4, 0.5) is 4.79 Å². The molecule has 2 aliphatic heterocycles. The molecule has 2 aromatic carbocycles. The highest BCUT2D eigenvalue weighted by molar-refractivity contribution is 7.91. The SMILES string of the molecule is COc1ccc2c(O[C@@H]3CC4C(=O)N[C@]5(C(=O)NS(=O)(=O)C6CC6)C[C@H]5/C=C\CC[C@H](C)C[C@@H](C)[C@H](NC(=O)OC(C)(C)C)C(=O)N4C3)nc(-c3ccccc3)cc2c1. The maximum absolute atomic E-state index is 14.9. The van der Waals surface area contributed by atoms with E-state index in [-0.39, 0.29) is 31.2 Å². The lowest BCUT2D eigenvalue weighted by atomic mass is 9.88. The second kappa shape index (κ2) is 16.5. The molecule has 316 valence electrons. The Morgan fingerprint density at radius 3 is 2.44 bits per heavy atom. The first-order valence-electron chi connectivity index (χ1n) is 20.5. The van der Waals surface area contributed by atoms with E-state index in [4.69, 9.17) is 19.2 Å². The van der Waals surface area contributed by atoms with Gasteiger partial charge in [-0.25, -0.2) is 18.2 Å². The summed E-state index contributed by atoms with van der Waals surface area (Å²) in [6.45, 7) is 9.15. The lowest BCUT2D eigenvalue weighted by molar-refractivity contribution is -0.142. The van der Waals surface area contributed by atoms with Gasteiger partial charge in [0.1, 0.15) is 35.1 Å². The molecule has 1 saturated heterocycles. The van der Waals surface area contributed by atoms with Crippen molar-refractivity contribution in [1.29, 1.82) is 0 Å². The molecule has 0 radical (unpaired) electrons. The number of hydrogen-bond donors (Lipinski definition) is 3. The molecule has 4 aliphatic rings. The van der Waals surface area contributed by atoms with Crippen molar-refractivity contribution in [1.82, 2.24) is 25.2 Å². The molecule has 3 N–H and O–H groups in total. The smallest absolute Gasteiger partial charge is 0.408 e. The van der Waals surface area contributed by atoms with Crippen LogP contribution in [-0.4, -0.2) is 90.3 Å². The molecule has 2 saturated carbocycles. The van der Waals surface area contributed by atoms with Crippen molar-refractivity contribution in [2.75, 3.05) is 13.7 Å². The Balaban J connectivity index is 1.26. The van der Waals surface area contributed by atoms with Crippen LogP contribution in [0.15, 0.2) is 66.7 Å². The largest absolute Gasteiger partial charge is 0.497 e. The minimum Gasteiger partial charge on any atom is -0.497 e. The van der Waals surface area contributed by atoms with Crippen LogP contribution in [0.3, 0.4) is 0 Å². The fourth-order valence-electron chi connectivity index (χ4n) is 8.27. The Kier molecular flexibility index (Phi) is 11.7. The monoisotopic (exact) mass is 829 g/mol. The molecule has 3 aromatic rings. The number of hydrogen-bond acceptors (Lipinski definition) is 10. The van der Waals surface area contributed by atoms with Crippen molar-refractivity contribution in [3.8, 4) is 22.9 Å². The molecule has 14 nitrogen and oxygen atoms in total. The Labute approximate surface area is 345 Å². The summed E-state index contributed by atoms with van der Waals surface area (Å²) in [6.07, 6.45) is 5.50. The van der Waals surface area contributed by atoms with Crippen molar-refractivity contribution in [3.63, 3.8) is 0 Å². The van der Waals surface area contributed by atoms with Gasteiger partial charge in [0.15, 0.2) is 0 Å². The highest BCUT2D eigenvalue weighted by Crippen LogP contribution is 2.46. The number of ether oxygens (including phenoxy) is 3. The molecular weight excluding hydrogens is 775 g/mol. The number of nitrogens with one attached hydrogen (secondary N) is 3. The van der Waals surface area contributed by atoms with E-state index in [1.54, 1.807) is 33.9 Å². The van der Waals surface area contributed by atoms with Crippen molar-refractivity contribution >= 4 is 44.6 Å². The van der Waals surface area contributed by atoms with Crippen LogP contribution in [0, 0.1) is 17.8 Å². The van der Waals surface area contributed by atoms with Crippen LogP contribution >= 0.6 is 0 Å². The summed E-state index contributed by atoms with van der Waals surface area (Å²) in [4.78, 5) is 63.1. The number of rotatable bonds is 8. The lowest BCUT2D eigenvalue weighted by Crippen LogP contribution is -2.59. The summed E-state index contributed by atoms with van der Waals surface area (Å²) in [6, 6.07) is 14.9.